The summed E-state index contributed by atoms with van der Waals surface area (Å²) in [5, 5.41) is 23.1. The molecule has 2 aromatic heterocycles. The Bertz CT molecular complexity index is 1200. The Morgan fingerprint density at radius 1 is 1.06 bits per heavy atom. The highest BCUT2D eigenvalue weighted by molar-refractivity contribution is 5.73. The van der Waals surface area contributed by atoms with Crippen LogP contribution in [-0.2, 0) is 0 Å². The summed E-state index contributed by atoms with van der Waals surface area (Å²) in [6.45, 7) is 4.59. The molecule has 2 aliphatic heterocycles. The zero-order valence-corrected chi connectivity index (χ0v) is 19.8. The summed E-state index contributed by atoms with van der Waals surface area (Å²) in [5.41, 5.74) is 1.50. The van der Waals surface area contributed by atoms with Crippen molar-refractivity contribution >= 4 is 5.82 Å². The zero-order chi connectivity index (χ0) is 24.1. The maximum absolute atomic E-state index is 14.3. The summed E-state index contributed by atoms with van der Waals surface area (Å²) in [5.74, 6) is 0.721. The number of rotatable bonds is 5. The number of fused-ring (bicyclic) bond motifs is 2. The van der Waals surface area contributed by atoms with E-state index in [2.05, 4.69) is 44.2 Å². The van der Waals surface area contributed by atoms with E-state index >= 15 is 0 Å². The second-order valence-electron chi connectivity index (χ2n) is 10.00. The average molecular weight is 465 g/mol. The van der Waals surface area contributed by atoms with Gasteiger partial charge in [-0.15, -0.1) is 10.2 Å². The first-order chi connectivity index (χ1) is 16.2. The number of ether oxygens (including phenoxy) is 1. The molecule has 34 heavy (non-hydrogen) atoms. The van der Waals surface area contributed by atoms with Gasteiger partial charge in [0.1, 0.15) is 11.6 Å². The molecule has 0 aliphatic carbocycles. The van der Waals surface area contributed by atoms with Crippen LogP contribution in [0, 0.1) is 5.82 Å². The first kappa shape index (κ1) is 22.5. The molecule has 0 radical (unpaired) electrons. The number of hydrogen-bond donors (Lipinski definition) is 2. The molecular formula is C25H29FN6O2. The van der Waals surface area contributed by atoms with Crippen LogP contribution < -0.4 is 15.0 Å². The van der Waals surface area contributed by atoms with Gasteiger partial charge in [-0.2, -0.15) is 0 Å². The SMILES string of the molecule is COc1cc(-c2ccc(-c3ncc(N(C)[C@H]4C[C@]5(C)CC[C@](C)(C4)N5)nn3)c(O)c2)c(F)cn1. The normalized spacial score (nSPS) is 25.9. The minimum absolute atomic E-state index is 0.0636. The Morgan fingerprint density at radius 2 is 1.79 bits per heavy atom. The fourth-order valence-electron chi connectivity index (χ4n) is 5.48. The Labute approximate surface area is 198 Å². The van der Waals surface area contributed by atoms with Gasteiger partial charge in [0.15, 0.2) is 11.6 Å². The molecule has 2 N–H and O–H groups in total. The third-order valence-corrected chi connectivity index (χ3v) is 7.25. The quantitative estimate of drug-likeness (QED) is 0.586. The van der Waals surface area contributed by atoms with Crippen molar-refractivity contribution in [2.45, 2.75) is 56.7 Å². The summed E-state index contributed by atoms with van der Waals surface area (Å²) in [6, 6.07) is 6.66. The maximum Gasteiger partial charge on any atom is 0.213 e. The lowest BCUT2D eigenvalue weighted by Gasteiger charge is -2.45. The molecular weight excluding hydrogens is 435 g/mol. The van der Waals surface area contributed by atoms with Crippen LogP contribution in [0.3, 0.4) is 0 Å². The van der Waals surface area contributed by atoms with Crippen LogP contribution in [0.25, 0.3) is 22.5 Å². The van der Waals surface area contributed by atoms with E-state index < -0.39 is 5.82 Å². The molecule has 1 aromatic carbocycles. The van der Waals surface area contributed by atoms with Gasteiger partial charge in [0.25, 0.3) is 0 Å². The molecule has 9 heteroatoms. The van der Waals surface area contributed by atoms with Crippen molar-refractivity contribution in [3.05, 3.63) is 42.5 Å². The van der Waals surface area contributed by atoms with Crippen LogP contribution in [-0.4, -0.2) is 56.5 Å². The number of nitrogens with zero attached hydrogens (tertiary/aromatic N) is 5. The Balaban J connectivity index is 1.37. The molecule has 178 valence electrons. The van der Waals surface area contributed by atoms with Gasteiger partial charge in [-0.1, -0.05) is 6.07 Å². The highest BCUT2D eigenvalue weighted by Gasteiger charge is 2.49. The largest absolute Gasteiger partial charge is 0.507 e. The van der Waals surface area contributed by atoms with E-state index in [0.717, 1.165) is 19.0 Å². The lowest BCUT2D eigenvalue weighted by molar-refractivity contribution is 0.207. The summed E-state index contributed by atoms with van der Waals surface area (Å²) in [4.78, 5) is 10.5. The summed E-state index contributed by atoms with van der Waals surface area (Å²) >= 11 is 0. The van der Waals surface area contributed by atoms with Crippen LogP contribution in [0.4, 0.5) is 10.2 Å². The molecule has 2 aliphatic rings. The van der Waals surface area contributed by atoms with Gasteiger partial charge < -0.3 is 20.1 Å². The molecule has 2 saturated heterocycles. The van der Waals surface area contributed by atoms with Crippen molar-refractivity contribution in [2.24, 2.45) is 0 Å². The topological polar surface area (TPSA) is 96.3 Å². The Kier molecular flexibility index (Phi) is 5.39. The molecule has 0 spiro atoms. The third-order valence-electron chi connectivity index (χ3n) is 7.25. The standard InChI is InChI=1S/C25H29FN6O2/c1-24-7-8-25(2,31-24)12-16(11-24)32(3)21-14-28-23(30-29-21)17-6-5-15(9-20(17)33)18-10-22(34-4)27-13-19(18)26/h5-6,9-10,13-14,16,31,33H,7-8,11-12H2,1-4H3/t16-,24-,25+. The van der Waals surface area contributed by atoms with Crippen molar-refractivity contribution in [3.8, 4) is 34.1 Å². The molecule has 4 heterocycles. The number of methoxy groups -OCH3 is 1. The number of hydrogen-bond acceptors (Lipinski definition) is 8. The Morgan fingerprint density at radius 3 is 2.41 bits per heavy atom. The first-order valence-corrected chi connectivity index (χ1v) is 11.4. The van der Waals surface area contributed by atoms with Crippen LogP contribution >= 0.6 is 0 Å². The van der Waals surface area contributed by atoms with Crippen LogP contribution in [0.15, 0.2) is 36.7 Å². The van der Waals surface area contributed by atoms with Gasteiger partial charge >= 0.3 is 0 Å². The average Bonchev–Trinajstić information content (AvgIpc) is 3.05. The molecule has 2 bridgehead atoms. The molecule has 2 fully saturated rings. The highest BCUT2D eigenvalue weighted by atomic mass is 19.1. The number of phenols is 1. The molecule has 0 unspecified atom stereocenters. The summed E-state index contributed by atoms with van der Waals surface area (Å²) in [6.07, 6.45) is 7.24. The van der Waals surface area contributed by atoms with E-state index in [1.807, 2.05) is 7.05 Å². The fraction of sp³-hybridized carbons (Fsp3) is 0.440. The molecule has 3 atom stereocenters. The Hall–Kier alpha value is -3.33. The van der Waals surface area contributed by atoms with Crippen LogP contribution in [0.1, 0.15) is 39.5 Å². The van der Waals surface area contributed by atoms with Crippen molar-refractivity contribution in [2.75, 3.05) is 19.1 Å². The number of anilines is 1. The zero-order valence-electron chi connectivity index (χ0n) is 19.8. The van der Waals surface area contributed by atoms with Crippen molar-refractivity contribution < 1.29 is 14.2 Å². The van der Waals surface area contributed by atoms with Gasteiger partial charge in [0.2, 0.25) is 5.88 Å². The van der Waals surface area contributed by atoms with E-state index in [4.69, 9.17) is 4.74 Å². The van der Waals surface area contributed by atoms with Gasteiger partial charge in [-0.05, 0) is 57.2 Å². The molecule has 0 saturated carbocycles. The number of phenolic OH excluding ortho intramolecular Hbond substituents is 1. The molecule has 5 rings (SSSR count). The first-order valence-electron chi connectivity index (χ1n) is 11.4. The second kappa shape index (κ2) is 8.16. The van der Waals surface area contributed by atoms with Crippen molar-refractivity contribution in [1.29, 1.82) is 0 Å². The van der Waals surface area contributed by atoms with E-state index in [1.54, 1.807) is 18.3 Å². The lowest BCUT2D eigenvalue weighted by Crippen LogP contribution is -2.58. The molecule has 0 amide bonds. The van der Waals surface area contributed by atoms with Crippen LogP contribution in [0.2, 0.25) is 0 Å². The summed E-state index contributed by atoms with van der Waals surface area (Å²) < 4.78 is 19.4. The second-order valence-corrected chi connectivity index (χ2v) is 10.00. The van der Waals surface area contributed by atoms with Gasteiger partial charge in [-0.3, -0.25) is 0 Å². The summed E-state index contributed by atoms with van der Waals surface area (Å²) in [7, 11) is 3.50. The van der Waals surface area contributed by atoms with E-state index in [0.29, 0.717) is 28.8 Å². The fourth-order valence-corrected chi connectivity index (χ4v) is 5.48. The highest BCUT2D eigenvalue weighted by Crippen LogP contribution is 2.43. The number of benzene rings is 1. The molecule has 3 aromatic rings. The van der Waals surface area contributed by atoms with E-state index in [9.17, 15) is 9.50 Å². The van der Waals surface area contributed by atoms with Crippen molar-refractivity contribution in [1.82, 2.24) is 25.5 Å². The minimum Gasteiger partial charge on any atom is -0.507 e. The maximum atomic E-state index is 14.3. The predicted octanol–water partition coefficient (Wildman–Crippen LogP) is 3.95. The molecule has 8 nitrogen and oxygen atoms in total. The van der Waals surface area contributed by atoms with E-state index in [1.165, 1.54) is 32.1 Å². The number of pyridine rings is 1. The lowest BCUT2D eigenvalue weighted by atomic mass is 9.84. The number of halogens is 1. The number of aromatic hydroxyl groups is 1. The van der Waals surface area contributed by atoms with E-state index in [-0.39, 0.29) is 28.3 Å². The number of piperidine rings is 1. The van der Waals surface area contributed by atoms with Crippen LogP contribution in [0.5, 0.6) is 11.6 Å². The third kappa shape index (κ3) is 4.04. The predicted molar refractivity (Wildman–Crippen MR) is 127 cm³/mol. The van der Waals surface area contributed by atoms with Crippen molar-refractivity contribution in [3.63, 3.8) is 0 Å². The number of nitrogens with one attached hydrogen (secondary N) is 1. The number of aromatic nitrogens is 4. The minimum atomic E-state index is -0.507. The van der Waals surface area contributed by atoms with Gasteiger partial charge in [-0.25, -0.2) is 14.4 Å². The monoisotopic (exact) mass is 464 g/mol. The smallest absolute Gasteiger partial charge is 0.213 e. The van der Waals surface area contributed by atoms with Gasteiger partial charge in [0.05, 0.1) is 25.1 Å². The van der Waals surface area contributed by atoms with Gasteiger partial charge in [0, 0.05) is 35.8 Å².